The Morgan fingerprint density at radius 3 is 2.46 bits per heavy atom. The number of hydrogen-bond donors (Lipinski definition) is 0. The van der Waals surface area contributed by atoms with Gasteiger partial charge in [0.2, 0.25) is 11.8 Å². The summed E-state index contributed by atoms with van der Waals surface area (Å²) < 4.78 is 7.67. The van der Waals surface area contributed by atoms with E-state index in [1.165, 1.54) is 11.8 Å². The van der Waals surface area contributed by atoms with E-state index >= 15 is 0 Å². The van der Waals surface area contributed by atoms with Gasteiger partial charge in [-0.1, -0.05) is 53.7 Å². The first-order chi connectivity index (χ1) is 12.7. The molecule has 0 atom stereocenters. The summed E-state index contributed by atoms with van der Waals surface area (Å²) in [7, 11) is 1.94. The molecular weight excluding hydrogens is 370 g/mol. The van der Waals surface area contributed by atoms with Gasteiger partial charge in [0.15, 0.2) is 11.0 Å². The van der Waals surface area contributed by atoms with Gasteiger partial charge in [0.05, 0.1) is 5.75 Å². The van der Waals surface area contributed by atoms with Crippen LogP contribution in [0.2, 0.25) is 5.02 Å². The van der Waals surface area contributed by atoms with E-state index in [0.29, 0.717) is 22.6 Å². The number of nitrogens with zero attached hydrogens (tertiary/aromatic N) is 5. The molecule has 4 rings (SSSR count). The van der Waals surface area contributed by atoms with E-state index in [9.17, 15) is 0 Å². The Morgan fingerprint density at radius 2 is 1.69 bits per heavy atom. The zero-order valence-corrected chi connectivity index (χ0v) is 15.4. The second-order valence-corrected chi connectivity index (χ2v) is 6.91. The first kappa shape index (κ1) is 16.8. The van der Waals surface area contributed by atoms with Crippen LogP contribution in [0.25, 0.3) is 22.8 Å². The fourth-order valence-corrected chi connectivity index (χ4v) is 3.30. The summed E-state index contributed by atoms with van der Waals surface area (Å²) in [4.78, 5) is 0. The molecule has 0 amide bonds. The number of aromatic nitrogens is 5. The summed E-state index contributed by atoms with van der Waals surface area (Å²) in [5, 5.41) is 18.2. The van der Waals surface area contributed by atoms with Crippen molar-refractivity contribution in [3.05, 3.63) is 65.5 Å². The number of rotatable bonds is 5. The Bertz CT molecular complexity index is 1010. The van der Waals surface area contributed by atoms with Gasteiger partial charge in [0, 0.05) is 23.2 Å². The lowest BCUT2D eigenvalue weighted by Gasteiger charge is -2.02. The monoisotopic (exact) mass is 383 g/mol. The zero-order chi connectivity index (χ0) is 17.9. The maximum absolute atomic E-state index is 5.90. The number of benzene rings is 2. The van der Waals surface area contributed by atoms with E-state index in [1.54, 1.807) is 12.1 Å². The molecule has 6 nitrogen and oxygen atoms in total. The first-order valence-corrected chi connectivity index (χ1v) is 9.23. The number of thioether (sulfide) groups is 1. The normalized spacial score (nSPS) is 11.0. The van der Waals surface area contributed by atoms with Crippen molar-refractivity contribution in [1.29, 1.82) is 0 Å². The molecule has 4 aromatic rings. The molecule has 0 radical (unpaired) electrons. The molecule has 0 bridgehead atoms. The Morgan fingerprint density at radius 1 is 0.923 bits per heavy atom. The van der Waals surface area contributed by atoms with Crippen LogP contribution in [-0.4, -0.2) is 25.0 Å². The lowest BCUT2D eigenvalue weighted by molar-refractivity contribution is 0.528. The van der Waals surface area contributed by atoms with Crippen LogP contribution in [-0.2, 0) is 12.8 Å². The van der Waals surface area contributed by atoms with Gasteiger partial charge in [0.1, 0.15) is 0 Å². The lowest BCUT2D eigenvalue weighted by Crippen LogP contribution is -1.95. The van der Waals surface area contributed by atoms with E-state index in [-0.39, 0.29) is 0 Å². The summed E-state index contributed by atoms with van der Waals surface area (Å²) in [5.74, 6) is 2.34. The first-order valence-electron chi connectivity index (χ1n) is 7.86. The van der Waals surface area contributed by atoms with Gasteiger partial charge >= 0.3 is 0 Å². The van der Waals surface area contributed by atoms with Crippen molar-refractivity contribution in [3.63, 3.8) is 0 Å². The summed E-state index contributed by atoms with van der Waals surface area (Å²) in [6.07, 6.45) is 0. The Balaban J connectivity index is 1.47. The van der Waals surface area contributed by atoms with Crippen molar-refractivity contribution >= 4 is 23.4 Å². The molecule has 2 aromatic heterocycles. The molecule has 2 heterocycles. The minimum Gasteiger partial charge on any atom is -0.420 e. The van der Waals surface area contributed by atoms with E-state index in [0.717, 1.165) is 22.1 Å². The average Bonchev–Trinajstić information content (AvgIpc) is 3.28. The Hall–Kier alpha value is -2.64. The highest BCUT2D eigenvalue weighted by Crippen LogP contribution is 2.26. The molecule has 130 valence electrons. The molecular formula is C18H14ClN5OS. The summed E-state index contributed by atoms with van der Waals surface area (Å²) in [6, 6.07) is 17.2. The van der Waals surface area contributed by atoms with Gasteiger partial charge in [-0.25, -0.2) is 0 Å². The van der Waals surface area contributed by atoms with Crippen molar-refractivity contribution in [2.45, 2.75) is 10.9 Å². The van der Waals surface area contributed by atoms with Gasteiger partial charge in [-0.3, -0.25) is 0 Å². The quantitative estimate of drug-likeness (QED) is 0.473. The zero-order valence-electron chi connectivity index (χ0n) is 13.8. The summed E-state index contributed by atoms with van der Waals surface area (Å²) >= 11 is 7.40. The lowest BCUT2D eigenvalue weighted by atomic mass is 10.2. The molecule has 0 fully saturated rings. The molecule has 0 N–H and O–H groups in total. The SMILES string of the molecule is Cn1c(SCc2nnc(-c3ccc(Cl)cc3)o2)nnc1-c1ccccc1. The molecule has 0 aliphatic heterocycles. The van der Waals surface area contributed by atoms with Crippen molar-refractivity contribution in [1.82, 2.24) is 25.0 Å². The third-order valence-corrected chi connectivity index (χ3v) is 5.01. The molecule has 0 saturated heterocycles. The van der Waals surface area contributed by atoms with Crippen molar-refractivity contribution in [3.8, 4) is 22.8 Å². The predicted octanol–water partition coefficient (Wildman–Crippen LogP) is 4.48. The van der Waals surface area contributed by atoms with E-state index in [4.69, 9.17) is 16.0 Å². The molecule has 0 aliphatic rings. The van der Waals surface area contributed by atoms with Crippen LogP contribution in [0.3, 0.4) is 0 Å². The highest BCUT2D eigenvalue weighted by Gasteiger charge is 2.14. The number of halogens is 1. The Kier molecular flexibility index (Phi) is 4.73. The molecule has 8 heteroatoms. The second kappa shape index (κ2) is 7.31. The highest BCUT2D eigenvalue weighted by molar-refractivity contribution is 7.98. The summed E-state index contributed by atoms with van der Waals surface area (Å²) in [5.41, 5.74) is 1.86. The van der Waals surface area contributed by atoms with E-state index in [2.05, 4.69) is 20.4 Å². The second-order valence-electron chi connectivity index (χ2n) is 5.53. The topological polar surface area (TPSA) is 69.6 Å². The van der Waals surface area contributed by atoms with Gasteiger partial charge in [-0.05, 0) is 24.3 Å². The number of hydrogen-bond acceptors (Lipinski definition) is 6. The van der Waals surface area contributed by atoms with Crippen LogP contribution >= 0.6 is 23.4 Å². The van der Waals surface area contributed by atoms with Crippen LogP contribution in [0.15, 0.2) is 64.2 Å². The minimum atomic E-state index is 0.472. The van der Waals surface area contributed by atoms with Crippen molar-refractivity contribution in [2.24, 2.45) is 7.05 Å². The van der Waals surface area contributed by atoms with Crippen LogP contribution < -0.4 is 0 Å². The third-order valence-electron chi connectivity index (χ3n) is 3.75. The van der Waals surface area contributed by atoms with Crippen molar-refractivity contribution < 1.29 is 4.42 Å². The Labute approximate surface area is 159 Å². The van der Waals surface area contributed by atoms with Crippen molar-refractivity contribution in [2.75, 3.05) is 0 Å². The average molecular weight is 384 g/mol. The van der Waals surface area contributed by atoms with Gasteiger partial charge in [-0.2, -0.15) is 0 Å². The maximum Gasteiger partial charge on any atom is 0.247 e. The van der Waals surface area contributed by atoms with E-state index in [1.807, 2.05) is 54.1 Å². The van der Waals surface area contributed by atoms with E-state index < -0.39 is 0 Å². The molecule has 26 heavy (non-hydrogen) atoms. The molecule has 2 aromatic carbocycles. The molecule has 0 saturated carbocycles. The van der Waals surface area contributed by atoms with Crippen LogP contribution in [0.1, 0.15) is 5.89 Å². The van der Waals surface area contributed by atoms with Crippen LogP contribution in [0.4, 0.5) is 0 Å². The van der Waals surface area contributed by atoms with Gasteiger partial charge in [0.25, 0.3) is 0 Å². The molecule has 0 spiro atoms. The van der Waals surface area contributed by atoms with Gasteiger partial charge in [-0.15, -0.1) is 20.4 Å². The van der Waals surface area contributed by atoms with Gasteiger partial charge < -0.3 is 8.98 Å². The standard InChI is InChI=1S/C18H14ClN5OS/c1-24-16(12-5-3-2-4-6-12)21-23-18(24)26-11-15-20-22-17(25-15)13-7-9-14(19)10-8-13/h2-10H,11H2,1H3. The fraction of sp³-hybridized carbons (Fsp3) is 0.111. The molecule has 0 unspecified atom stereocenters. The fourth-order valence-electron chi connectivity index (χ4n) is 2.43. The minimum absolute atomic E-state index is 0.472. The van der Waals surface area contributed by atoms with Crippen LogP contribution in [0.5, 0.6) is 0 Å². The largest absolute Gasteiger partial charge is 0.420 e. The third kappa shape index (κ3) is 3.49. The molecule has 0 aliphatic carbocycles. The summed E-state index contributed by atoms with van der Waals surface area (Å²) in [6.45, 7) is 0. The smallest absolute Gasteiger partial charge is 0.247 e. The van der Waals surface area contributed by atoms with Crippen LogP contribution in [0, 0.1) is 0 Å². The predicted molar refractivity (Wildman–Crippen MR) is 101 cm³/mol. The highest BCUT2D eigenvalue weighted by atomic mass is 35.5. The maximum atomic E-state index is 5.90.